The summed E-state index contributed by atoms with van der Waals surface area (Å²) in [6, 6.07) is 0. The summed E-state index contributed by atoms with van der Waals surface area (Å²) in [5, 5.41) is 19.7. The van der Waals surface area contributed by atoms with Crippen molar-refractivity contribution in [2.75, 3.05) is 0 Å². The fourth-order valence-electron chi connectivity index (χ4n) is 1.04. The lowest BCUT2D eigenvalue weighted by atomic mass is 10.4. The molecule has 8 nitrogen and oxygen atoms in total. The number of pyridine rings is 1. The Morgan fingerprint density at radius 1 is 1.47 bits per heavy atom. The molecular formula is C6H2ClF3N2O6S. The monoisotopic (exact) mass is 322 g/mol. The van der Waals surface area contributed by atoms with Crippen LogP contribution in [0.1, 0.15) is 0 Å². The Morgan fingerprint density at radius 2 is 2.00 bits per heavy atom. The van der Waals surface area contributed by atoms with Crippen molar-refractivity contribution in [3.8, 4) is 11.6 Å². The second-order valence-electron chi connectivity index (χ2n) is 2.87. The van der Waals surface area contributed by atoms with Crippen molar-refractivity contribution in [2.24, 2.45) is 0 Å². The molecule has 0 atom stereocenters. The van der Waals surface area contributed by atoms with Gasteiger partial charge in [0.1, 0.15) is 0 Å². The summed E-state index contributed by atoms with van der Waals surface area (Å²) in [5.74, 6) is -2.94. The molecule has 13 heteroatoms. The average molecular weight is 323 g/mol. The van der Waals surface area contributed by atoms with E-state index >= 15 is 0 Å². The topological polar surface area (TPSA) is 120 Å². The number of alkyl halides is 3. The van der Waals surface area contributed by atoms with E-state index in [2.05, 4.69) is 9.72 Å². The molecule has 0 radical (unpaired) electrons. The predicted octanol–water partition coefficient (Wildman–Crippen LogP) is 1.52. The molecule has 1 aromatic heterocycles. The number of halogens is 4. The Kier molecular flexibility index (Phi) is 3.77. The van der Waals surface area contributed by atoms with Crippen molar-refractivity contribution in [3.05, 3.63) is 16.3 Å². The molecule has 0 unspecified atom stereocenters. The molecule has 0 bridgehead atoms. The Bertz CT molecular complexity index is 631. The van der Waals surface area contributed by atoms with Crippen molar-refractivity contribution in [3.63, 3.8) is 0 Å². The summed E-state index contributed by atoms with van der Waals surface area (Å²) in [4.78, 5) is 10.4. The highest BCUT2D eigenvalue weighted by Crippen LogP contribution is 2.41. The van der Waals surface area contributed by atoms with Gasteiger partial charge < -0.3 is 9.84 Å². The van der Waals surface area contributed by atoms with Crippen molar-refractivity contribution >= 4 is 25.4 Å². The zero-order chi connectivity index (χ0) is 15.0. The first-order valence-corrected chi connectivity index (χ1v) is 6.31. The lowest BCUT2D eigenvalue weighted by molar-refractivity contribution is -0.392. The molecule has 0 aromatic carbocycles. The van der Waals surface area contributed by atoms with Crippen LogP contribution in [0.15, 0.2) is 11.1 Å². The molecule has 0 amide bonds. The van der Waals surface area contributed by atoms with E-state index in [1.807, 2.05) is 0 Å². The zero-order valence-electron chi connectivity index (χ0n) is 8.38. The van der Waals surface area contributed by atoms with Crippen LogP contribution in [0.25, 0.3) is 0 Å². The SMILES string of the molecule is O=[N+]([O-])c1c(OC(F)(F)F)ncc(O)c1S(=O)(=O)Cl. The minimum absolute atomic E-state index is 0.226. The van der Waals surface area contributed by atoms with Gasteiger partial charge in [-0.1, -0.05) is 0 Å². The number of aromatic hydroxyl groups is 1. The molecule has 1 aromatic rings. The average Bonchev–Trinajstić information content (AvgIpc) is 2.15. The number of hydrogen-bond donors (Lipinski definition) is 1. The second-order valence-corrected chi connectivity index (χ2v) is 5.37. The molecule has 106 valence electrons. The van der Waals surface area contributed by atoms with Gasteiger partial charge in [0, 0.05) is 10.7 Å². The van der Waals surface area contributed by atoms with Gasteiger partial charge in [-0.3, -0.25) is 10.1 Å². The largest absolute Gasteiger partial charge is 0.574 e. The van der Waals surface area contributed by atoms with E-state index in [0.29, 0.717) is 0 Å². The van der Waals surface area contributed by atoms with Crippen LogP contribution in [0.2, 0.25) is 0 Å². The molecule has 0 saturated heterocycles. The number of nitrogens with zero attached hydrogens (tertiary/aromatic N) is 2. The number of ether oxygens (including phenoxy) is 1. The van der Waals surface area contributed by atoms with E-state index in [1.165, 1.54) is 0 Å². The lowest BCUT2D eigenvalue weighted by Gasteiger charge is -2.09. The van der Waals surface area contributed by atoms with Crippen LogP contribution < -0.4 is 4.74 Å². The quantitative estimate of drug-likeness (QED) is 0.509. The fraction of sp³-hybridized carbons (Fsp3) is 0.167. The smallest absolute Gasteiger partial charge is 0.505 e. The van der Waals surface area contributed by atoms with Crippen LogP contribution >= 0.6 is 10.7 Å². The summed E-state index contributed by atoms with van der Waals surface area (Å²) < 4.78 is 61.2. The number of hydrogen-bond acceptors (Lipinski definition) is 7. The summed E-state index contributed by atoms with van der Waals surface area (Å²) >= 11 is 0. The lowest BCUT2D eigenvalue weighted by Crippen LogP contribution is -2.19. The Labute approximate surface area is 107 Å². The number of nitro groups is 1. The molecule has 0 spiro atoms. The standard InChI is InChI=1S/C6H2ClF3N2O6S/c7-19(16,17)4-2(13)1-11-5(3(4)12(14)15)18-6(8,9)10/h1,13H. The highest BCUT2D eigenvalue weighted by Gasteiger charge is 2.40. The van der Waals surface area contributed by atoms with Crippen LogP contribution in [-0.4, -0.2) is 29.8 Å². The molecule has 0 aliphatic rings. The van der Waals surface area contributed by atoms with Gasteiger partial charge in [-0.15, -0.1) is 13.2 Å². The second kappa shape index (κ2) is 4.70. The van der Waals surface area contributed by atoms with Gasteiger partial charge >= 0.3 is 17.9 Å². The van der Waals surface area contributed by atoms with Crippen LogP contribution in [0.4, 0.5) is 18.9 Å². The van der Waals surface area contributed by atoms with Crippen LogP contribution in [0.3, 0.4) is 0 Å². The van der Waals surface area contributed by atoms with E-state index in [1.54, 1.807) is 0 Å². The van der Waals surface area contributed by atoms with Gasteiger partial charge in [-0.05, 0) is 0 Å². The number of rotatable bonds is 3. The summed E-state index contributed by atoms with van der Waals surface area (Å²) in [7, 11) is -0.0946. The highest BCUT2D eigenvalue weighted by atomic mass is 35.7. The van der Waals surface area contributed by atoms with Crippen molar-refractivity contribution in [1.29, 1.82) is 0 Å². The van der Waals surface area contributed by atoms with Crippen LogP contribution in [-0.2, 0) is 9.05 Å². The highest BCUT2D eigenvalue weighted by molar-refractivity contribution is 8.14. The van der Waals surface area contributed by atoms with E-state index in [4.69, 9.17) is 15.8 Å². The van der Waals surface area contributed by atoms with E-state index in [9.17, 15) is 31.7 Å². The third-order valence-electron chi connectivity index (χ3n) is 1.59. The molecule has 0 saturated carbocycles. The van der Waals surface area contributed by atoms with Crippen molar-refractivity contribution in [1.82, 2.24) is 4.98 Å². The summed E-state index contributed by atoms with van der Waals surface area (Å²) in [6.45, 7) is 0. The zero-order valence-corrected chi connectivity index (χ0v) is 9.95. The molecule has 0 fully saturated rings. The van der Waals surface area contributed by atoms with E-state index in [-0.39, 0.29) is 6.20 Å². The summed E-state index contributed by atoms with van der Waals surface area (Å²) in [6.07, 6.45) is -5.12. The van der Waals surface area contributed by atoms with Gasteiger partial charge in [0.15, 0.2) is 5.75 Å². The Balaban J connectivity index is 3.65. The normalized spacial score (nSPS) is 12.2. The minimum atomic E-state index is -5.35. The molecular weight excluding hydrogens is 321 g/mol. The molecule has 0 aliphatic heterocycles. The van der Waals surface area contributed by atoms with Crippen LogP contribution in [0, 0.1) is 10.1 Å². The van der Waals surface area contributed by atoms with Gasteiger partial charge in [0.2, 0.25) is 4.90 Å². The first-order chi connectivity index (χ1) is 8.43. The van der Waals surface area contributed by atoms with Crippen LogP contribution in [0.5, 0.6) is 11.6 Å². The Hall–Kier alpha value is -1.82. The van der Waals surface area contributed by atoms with Crippen molar-refractivity contribution < 1.29 is 36.4 Å². The molecule has 1 heterocycles. The molecule has 1 rings (SSSR count). The van der Waals surface area contributed by atoms with E-state index < -0.39 is 42.5 Å². The maximum Gasteiger partial charge on any atom is 0.574 e. The summed E-state index contributed by atoms with van der Waals surface area (Å²) in [5.41, 5.74) is -1.72. The third-order valence-corrected chi connectivity index (χ3v) is 2.95. The number of aromatic nitrogens is 1. The van der Waals surface area contributed by atoms with Gasteiger partial charge in [-0.25, -0.2) is 13.4 Å². The Morgan fingerprint density at radius 3 is 2.37 bits per heavy atom. The van der Waals surface area contributed by atoms with E-state index in [0.717, 1.165) is 0 Å². The van der Waals surface area contributed by atoms with Gasteiger partial charge in [0.25, 0.3) is 9.05 Å². The molecule has 19 heavy (non-hydrogen) atoms. The predicted molar refractivity (Wildman–Crippen MR) is 52.3 cm³/mol. The minimum Gasteiger partial charge on any atom is -0.505 e. The van der Waals surface area contributed by atoms with Crippen molar-refractivity contribution in [2.45, 2.75) is 11.3 Å². The first kappa shape index (κ1) is 15.2. The maximum atomic E-state index is 12.0. The molecule has 0 aliphatic carbocycles. The van der Waals surface area contributed by atoms with Gasteiger partial charge in [-0.2, -0.15) is 0 Å². The third kappa shape index (κ3) is 3.57. The first-order valence-electron chi connectivity index (χ1n) is 4.00. The molecule has 1 N–H and O–H groups in total. The van der Waals surface area contributed by atoms with Gasteiger partial charge in [0.05, 0.1) is 11.1 Å². The maximum absolute atomic E-state index is 12.0. The fourth-order valence-corrected chi connectivity index (χ4v) is 2.20.